The van der Waals surface area contributed by atoms with E-state index in [0.717, 1.165) is 44.5 Å². The summed E-state index contributed by atoms with van der Waals surface area (Å²) in [6, 6.07) is 11.9. The van der Waals surface area contributed by atoms with E-state index in [9.17, 15) is 29.4 Å². The highest BCUT2D eigenvalue weighted by atomic mass is 16.5. The molecule has 0 spiro atoms. The lowest BCUT2D eigenvalue weighted by atomic mass is 9.84. The van der Waals surface area contributed by atoms with Gasteiger partial charge in [0.25, 0.3) is 5.91 Å². The van der Waals surface area contributed by atoms with Crippen LogP contribution in [0.1, 0.15) is 77.3 Å². The van der Waals surface area contributed by atoms with E-state index in [1.54, 1.807) is 25.4 Å². The quantitative estimate of drug-likeness (QED) is 0.111. The third-order valence-electron chi connectivity index (χ3n) is 13.1. The fraction of sp³-hybridized carbons (Fsp3) is 0.521. The van der Waals surface area contributed by atoms with Crippen LogP contribution in [-0.2, 0) is 43.2 Å². The number of hydrogen-bond acceptors (Lipinski definition) is 11. The Labute approximate surface area is 374 Å². The number of aliphatic hydroxyl groups excluding tert-OH is 1. The third kappa shape index (κ3) is 8.93. The van der Waals surface area contributed by atoms with E-state index in [1.807, 2.05) is 39.0 Å². The number of aromatic hydroxyl groups is 1. The van der Waals surface area contributed by atoms with Crippen LogP contribution < -0.4 is 16.1 Å². The van der Waals surface area contributed by atoms with Crippen molar-refractivity contribution >= 4 is 34.7 Å². The molecule has 4 amide bonds. The number of cyclic esters (lactones) is 1. The van der Waals surface area contributed by atoms with Gasteiger partial charge in [-0.25, -0.2) is 10.2 Å². The summed E-state index contributed by atoms with van der Waals surface area (Å²) < 4.78 is 14.2. The van der Waals surface area contributed by atoms with Crippen molar-refractivity contribution in [1.29, 1.82) is 0 Å². The number of fused-ring (bicyclic) bond motifs is 6. The summed E-state index contributed by atoms with van der Waals surface area (Å²) in [6.45, 7) is 14.1. The van der Waals surface area contributed by atoms with Crippen LogP contribution in [0.3, 0.4) is 0 Å². The summed E-state index contributed by atoms with van der Waals surface area (Å²) >= 11 is 0. The molecule has 64 heavy (non-hydrogen) atoms. The molecule has 2 aromatic carbocycles. The van der Waals surface area contributed by atoms with Gasteiger partial charge in [-0.1, -0.05) is 39.8 Å². The van der Waals surface area contributed by atoms with Gasteiger partial charge in [-0.05, 0) is 97.7 Å². The standard InChI is InChI=1S/C48H62N8O8/c1-8-53-39-14-13-30-23-34(39)35(42(53)33-11-9-15-49-40(33)28(4)63-7)24-48(5,6)26-64-46(61)36-12-10-16-56(52-36)45(60)37(21-29-19-31(30)22-32(57)20-29)51-43(58)41(27(2)3)54-17-18-55(47(54)62)44(59)38-25-50-38/h9,11,13-15,19-20,22-23,27-28,36-38,41,44,50,52,57,59H,8,10,12,16-18,21,24-26H2,1-7H3,(H,51,58)/t28-,36-,37-,38+,41-,44?/m0/s1. The number of benzene rings is 2. The summed E-state index contributed by atoms with van der Waals surface area (Å²) in [5.41, 5.74) is 9.56. The first-order valence-electron chi connectivity index (χ1n) is 22.6. The van der Waals surface area contributed by atoms with Crippen LogP contribution in [0.25, 0.3) is 33.3 Å². The molecule has 4 aromatic rings. The monoisotopic (exact) mass is 878 g/mol. The fourth-order valence-electron chi connectivity index (χ4n) is 9.70. The summed E-state index contributed by atoms with van der Waals surface area (Å²) in [5.74, 6) is -1.82. The summed E-state index contributed by atoms with van der Waals surface area (Å²) in [6.07, 6.45) is 1.98. The molecule has 16 heteroatoms. The lowest BCUT2D eigenvalue weighted by Crippen LogP contribution is -2.62. The molecule has 3 saturated heterocycles. The number of aliphatic hydroxyl groups is 1. The maximum absolute atomic E-state index is 14.7. The summed E-state index contributed by atoms with van der Waals surface area (Å²) in [5, 5.41) is 30.5. The smallest absolute Gasteiger partial charge is 0.324 e. The van der Waals surface area contributed by atoms with Crippen molar-refractivity contribution in [2.45, 2.75) is 110 Å². The largest absolute Gasteiger partial charge is 0.508 e. The highest BCUT2D eigenvalue weighted by Gasteiger charge is 2.46. The molecule has 5 N–H and O–H groups in total. The zero-order valence-corrected chi connectivity index (χ0v) is 37.9. The van der Waals surface area contributed by atoms with Crippen molar-refractivity contribution in [3.8, 4) is 28.1 Å². The number of phenols is 1. The van der Waals surface area contributed by atoms with E-state index in [4.69, 9.17) is 14.5 Å². The predicted octanol–water partition coefficient (Wildman–Crippen LogP) is 4.50. The number of urea groups is 1. The van der Waals surface area contributed by atoms with Crippen LogP contribution in [0.2, 0.25) is 0 Å². The number of esters is 1. The first-order chi connectivity index (χ1) is 30.6. The Kier molecular flexibility index (Phi) is 12.8. The average Bonchev–Trinajstić information content (AvgIpc) is 4.01. The number of nitrogens with one attached hydrogen (secondary N) is 3. The Hall–Kier alpha value is -5.55. The molecule has 6 atom stereocenters. The van der Waals surface area contributed by atoms with Crippen molar-refractivity contribution in [3.05, 3.63) is 71.5 Å². The highest BCUT2D eigenvalue weighted by Crippen LogP contribution is 2.42. The third-order valence-corrected chi connectivity index (χ3v) is 13.1. The van der Waals surface area contributed by atoms with Gasteiger partial charge in [-0.15, -0.1) is 0 Å². The first-order valence-corrected chi connectivity index (χ1v) is 22.6. The molecule has 16 nitrogen and oxygen atoms in total. The van der Waals surface area contributed by atoms with Crippen LogP contribution in [0.4, 0.5) is 4.79 Å². The first kappa shape index (κ1) is 45.0. The summed E-state index contributed by atoms with van der Waals surface area (Å²) in [4.78, 5) is 64.4. The predicted molar refractivity (Wildman–Crippen MR) is 241 cm³/mol. The number of ether oxygens (including phenoxy) is 2. The lowest BCUT2D eigenvalue weighted by Gasteiger charge is -2.36. The lowest BCUT2D eigenvalue weighted by molar-refractivity contribution is -0.155. The molecule has 4 aliphatic heterocycles. The number of aromatic nitrogens is 2. The number of hydrazine groups is 1. The van der Waals surface area contributed by atoms with Gasteiger partial charge in [0.1, 0.15) is 30.1 Å². The molecule has 3 fully saturated rings. The van der Waals surface area contributed by atoms with Gasteiger partial charge in [0.15, 0.2) is 0 Å². The Morgan fingerprint density at radius 3 is 2.53 bits per heavy atom. The molecular weight excluding hydrogens is 817 g/mol. The Bertz CT molecular complexity index is 2430. The van der Waals surface area contributed by atoms with Crippen LogP contribution in [-0.4, -0.2) is 129 Å². The van der Waals surface area contributed by atoms with Crippen LogP contribution in [0.15, 0.2) is 54.7 Å². The van der Waals surface area contributed by atoms with Crippen molar-refractivity contribution in [2.24, 2.45) is 11.3 Å². The van der Waals surface area contributed by atoms with Crippen molar-refractivity contribution in [3.63, 3.8) is 0 Å². The van der Waals surface area contributed by atoms with Crippen molar-refractivity contribution in [2.75, 3.05) is 39.9 Å². The van der Waals surface area contributed by atoms with Gasteiger partial charge >= 0.3 is 12.0 Å². The molecule has 1 unspecified atom stereocenters. The van der Waals surface area contributed by atoms with Gasteiger partial charge in [0, 0.05) is 74.3 Å². The van der Waals surface area contributed by atoms with Crippen LogP contribution in [0, 0.1) is 11.3 Å². The van der Waals surface area contributed by atoms with Crippen LogP contribution >= 0.6 is 0 Å². The minimum atomic E-state index is -1.16. The average molecular weight is 879 g/mol. The van der Waals surface area contributed by atoms with Crippen molar-refractivity contribution < 1.29 is 38.9 Å². The minimum absolute atomic E-state index is 0.00424. The number of carbonyl (C=O) groups excluding carboxylic acids is 4. The SMILES string of the molecule is CCn1c(-c2cccnc2[C@H](C)OC)c2c3cc(ccc31)-c1cc(O)cc(c1)C[C@H](NC(=O)[C@H](C(C)C)N1CCN(C(O)[C@H]3CN3)C1=O)C(=O)N1CCC[C@H](N1)C(=O)OCC(C)(C)C2. The van der Waals surface area contributed by atoms with Gasteiger partial charge in [-0.2, -0.15) is 0 Å². The number of phenolic OH excluding ortho intramolecular Hbond substituents is 1. The van der Waals surface area contributed by atoms with E-state index in [2.05, 4.69) is 59.6 Å². The topological polar surface area (TPSA) is 201 Å². The Morgan fingerprint density at radius 2 is 1.81 bits per heavy atom. The van der Waals surface area contributed by atoms with Gasteiger partial charge in [-0.3, -0.25) is 29.3 Å². The number of nitrogens with zero attached hydrogens (tertiary/aromatic N) is 5. The second-order valence-corrected chi connectivity index (χ2v) is 18.8. The molecule has 4 aliphatic rings. The van der Waals surface area contributed by atoms with Gasteiger partial charge in [0.05, 0.1) is 30.1 Å². The second kappa shape index (κ2) is 18.1. The number of rotatable bonds is 10. The van der Waals surface area contributed by atoms with E-state index in [0.29, 0.717) is 37.9 Å². The number of pyridine rings is 1. The zero-order chi connectivity index (χ0) is 45.6. The second-order valence-electron chi connectivity index (χ2n) is 18.8. The number of hydrogen-bond donors (Lipinski definition) is 5. The van der Waals surface area contributed by atoms with E-state index in [-0.39, 0.29) is 56.5 Å². The Balaban J connectivity index is 1.22. The number of carbonyl (C=O) groups is 4. The summed E-state index contributed by atoms with van der Waals surface area (Å²) in [7, 11) is 1.67. The van der Waals surface area contributed by atoms with Gasteiger partial charge in [0.2, 0.25) is 5.91 Å². The van der Waals surface area contributed by atoms with E-state index >= 15 is 0 Å². The number of methoxy groups -OCH3 is 1. The van der Waals surface area contributed by atoms with Crippen LogP contribution in [0.5, 0.6) is 5.75 Å². The molecule has 0 saturated carbocycles. The maximum atomic E-state index is 14.7. The molecular formula is C48H62N8O8. The molecule has 6 bridgehead atoms. The molecule has 0 aliphatic carbocycles. The molecule has 0 radical (unpaired) electrons. The molecule has 342 valence electrons. The maximum Gasteiger partial charge on any atom is 0.324 e. The Morgan fingerprint density at radius 1 is 1.05 bits per heavy atom. The molecule has 2 aromatic heterocycles. The molecule has 8 rings (SSSR count). The number of amides is 4. The van der Waals surface area contributed by atoms with E-state index in [1.165, 1.54) is 14.8 Å². The van der Waals surface area contributed by atoms with E-state index < -0.39 is 53.6 Å². The number of aryl methyl sites for hydroxylation is 1. The van der Waals surface area contributed by atoms with Gasteiger partial charge < -0.3 is 39.8 Å². The van der Waals surface area contributed by atoms with Crippen molar-refractivity contribution in [1.82, 2.24) is 40.4 Å². The minimum Gasteiger partial charge on any atom is -0.508 e. The normalized spacial score (nSPS) is 22.9. The molecule has 6 heterocycles. The zero-order valence-electron chi connectivity index (χ0n) is 37.9. The fourth-order valence-corrected chi connectivity index (χ4v) is 9.70. The highest BCUT2D eigenvalue weighted by molar-refractivity contribution is 5.96.